The maximum Gasteiger partial charge on any atom is 0.268 e. The fraction of sp³-hybridized carbons (Fsp3) is 0.650. The Labute approximate surface area is 164 Å². The average molecular weight is 395 g/mol. The molecule has 6 rings (SSSR count). The molecule has 4 saturated carbocycles. The summed E-state index contributed by atoms with van der Waals surface area (Å²) in [5.41, 5.74) is -0.356. The van der Waals surface area contributed by atoms with E-state index in [9.17, 15) is 9.90 Å². The lowest BCUT2D eigenvalue weighted by Crippen LogP contribution is -2.81. The van der Waals surface area contributed by atoms with E-state index in [4.69, 9.17) is 23.2 Å². The van der Waals surface area contributed by atoms with Gasteiger partial charge in [0.15, 0.2) is 0 Å². The minimum atomic E-state index is -0.639. The summed E-state index contributed by atoms with van der Waals surface area (Å²) in [4.78, 5) is 13.1. The van der Waals surface area contributed by atoms with Crippen LogP contribution in [0.15, 0.2) is 18.2 Å². The van der Waals surface area contributed by atoms with Crippen molar-refractivity contribution in [3.63, 3.8) is 0 Å². The summed E-state index contributed by atoms with van der Waals surface area (Å²) >= 11 is 12.7. The minimum Gasteiger partial charge on any atom is -0.390 e. The summed E-state index contributed by atoms with van der Waals surface area (Å²) in [6.45, 7) is 3.87. The average Bonchev–Trinajstić information content (AvgIpc) is 2.55. The second kappa shape index (κ2) is 5.30. The van der Waals surface area contributed by atoms with E-state index < -0.39 is 11.1 Å². The third kappa shape index (κ3) is 2.15. The summed E-state index contributed by atoms with van der Waals surface area (Å²) < 4.78 is 0. The molecule has 6 heteroatoms. The molecule has 1 aliphatic heterocycles. The molecule has 2 atom stereocenters. The van der Waals surface area contributed by atoms with Gasteiger partial charge in [0.25, 0.3) is 5.91 Å². The fourth-order valence-electron chi connectivity index (χ4n) is 6.38. The lowest BCUT2D eigenvalue weighted by molar-refractivity contribution is -0.190. The quantitative estimate of drug-likeness (QED) is 0.813. The first-order valence-electron chi connectivity index (χ1n) is 9.51. The van der Waals surface area contributed by atoms with E-state index in [2.05, 4.69) is 0 Å². The predicted molar refractivity (Wildman–Crippen MR) is 102 cm³/mol. The first kappa shape index (κ1) is 17.2. The van der Waals surface area contributed by atoms with Gasteiger partial charge in [-0.05, 0) is 75.8 Å². The Hall–Kier alpha value is -0.970. The van der Waals surface area contributed by atoms with Crippen LogP contribution < -0.4 is 5.01 Å². The molecule has 0 radical (unpaired) electrons. The Morgan fingerprint density at radius 3 is 2.38 bits per heavy atom. The van der Waals surface area contributed by atoms with E-state index >= 15 is 0 Å². The zero-order valence-electron chi connectivity index (χ0n) is 15.1. The van der Waals surface area contributed by atoms with E-state index in [1.165, 1.54) is 0 Å². The molecule has 0 aromatic heterocycles. The second-order valence-corrected chi connectivity index (χ2v) is 10.1. The molecule has 26 heavy (non-hydrogen) atoms. The summed E-state index contributed by atoms with van der Waals surface area (Å²) in [7, 11) is 0. The molecule has 1 aromatic rings. The molecule has 1 saturated heterocycles. The van der Waals surface area contributed by atoms with Crippen LogP contribution in [0.1, 0.15) is 46.0 Å². The monoisotopic (exact) mass is 394 g/mol. The molecule has 140 valence electrons. The normalized spacial score (nSPS) is 40.1. The number of hydrogen-bond donors (Lipinski definition) is 1. The van der Waals surface area contributed by atoms with Crippen molar-refractivity contribution >= 4 is 34.8 Å². The first-order valence-corrected chi connectivity index (χ1v) is 10.3. The van der Waals surface area contributed by atoms with Crippen LogP contribution in [-0.4, -0.2) is 33.2 Å². The summed E-state index contributed by atoms with van der Waals surface area (Å²) in [5.74, 6) is 1.48. The van der Waals surface area contributed by atoms with Gasteiger partial charge in [-0.25, -0.2) is 5.01 Å². The van der Waals surface area contributed by atoms with Gasteiger partial charge in [0.2, 0.25) is 0 Å². The summed E-state index contributed by atoms with van der Waals surface area (Å²) in [6, 6.07) is 5.73. The number of halogens is 2. The van der Waals surface area contributed by atoms with Crippen LogP contribution in [0.3, 0.4) is 0 Å². The van der Waals surface area contributed by atoms with Crippen molar-refractivity contribution in [2.24, 2.45) is 17.8 Å². The van der Waals surface area contributed by atoms with Crippen molar-refractivity contribution in [3.8, 4) is 0 Å². The highest BCUT2D eigenvalue weighted by atomic mass is 35.5. The smallest absolute Gasteiger partial charge is 0.268 e. The minimum absolute atomic E-state index is 0.137. The van der Waals surface area contributed by atoms with Crippen molar-refractivity contribution in [2.45, 2.75) is 63.1 Å². The van der Waals surface area contributed by atoms with Gasteiger partial charge in [-0.1, -0.05) is 29.3 Å². The second-order valence-electron chi connectivity index (χ2n) is 9.28. The number of aliphatic hydroxyl groups is 1. The first-order chi connectivity index (χ1) is 12.2. The molecule has 1 N–H and O–H groups in total. The van der Waals surface area contributed by atoms with Crippen LogP contribution in [-0.2, 0) is 4.79 Å². The lowest BCUT2D eigenvalue weighted by atomic mass is 9.52. The molecule has 5 aliphatic rings. The lowest BCUT2D eigenvalue weighted by Gasteiger charge is -2.67. The van der Waals surface area contributed by atoms with Crippen LogP contribution in [0.25, 0.3) is 0 Å². The van der Waals surface area contributed by atoms with Gasteiger partial charge in [-0.2, -0.15) is 0 Å². The molecule has 1 amide bonds. The van der Waals surface area contributed by atoms with Crippen LogP contribution in [0.4, 0.5) is 5.69 Å². The Bertz CT molecular complexity index is 780. The molecule has 0 spiro atoms. The van der Waals surface area contributed by atoms with Crippen LogP contribution in [0.5, 0.6) is 0 Å². The van der Waals surface area contributed by atoms with Gasteiger partial charge in [-0.15, -0.1) is 0 Å². The van der Waals surface area contributed by atoms with Gasteiger partial charge in [0, 0.05) is 0 Å². The van der Waals surface area contributed by atoms with E-state index in [-0.39, 0.29) is 11.9 Å². The number of amides is 1. The van der Waals surface area contributed by atoms with E-state index in [1.54, 1.807) is 6.07 Å². The predicted octanol–water partition coefficient (Wildman–Crippen LogP) is 4.28. The Kier molecular flexibility index (Phi) is 3.50. The molecule has 4 aliphatic carbocycles. The molecule has 4 bridgehead atoms. The van der Waals surface area contributed by atoms with E-state index in [1.807, 2.05) is 36.0 Å². The molecule has 2 unspecified atom stereocenters. The Morgan fingerprint density at radius 2 is 1.77 bits per heavy atom. The largest absolute Gasteiger partial charge is 0.390 e. The summed E-state index contributed by atoms with van der Waals surface area (Å²) in [6.07, 6.45) is 4.80. The standard InChI is InChI=1S/C20H24Cl2N2O2/c1-19(2)18(25)23(24(19)15-5-3-4-14(21)16(15)22)17-12-6-11-7-13(17)10-20(26,8-11)9-12/h3-5,11-13,17,26H,6-10H2,1-2H3/t11?,12?,13?,17-,20-. The third-order valence-corrected chi connectivity index (χ3v) is 7.92. The van der Waals surface area contributed by atoms with Crippen LogP contribution in [0, 0.1) is 17.8 Å². The topological polar surface area (TPSA) is 43.8 Å². The number of carbonyl (C=O) groups excluding carboxylic acids is 1. The van der Waals surface area contributed by atoms with E-state index in [0.717, 1.165) is 37.8 Å². The van der Waals surface area contributed by atoms with Gasteiger partial charge >= 0.3 is 0 Å². The third-order valence-electron chi connectivity index (χ3n) is 7.11. The summed E-state index contributed by atoms with van der Waals surface area (Å²) in [5, 5.41) is 15.8. The molecule has 1 aromatic carbocycles. The number of hydrazine groups is 1. The van der Waals surface area contributed by atoms with Crippen molar-refractivity contribution in [1.82, 2.24) is 5.01 Å². The molecular weight excluding hydrogens is 371 g/mol. The SMILES string of the molecule is CC1(C)C(=O)N([C@H]2C3CC4CC2C[C@](O)(C4)C3)N1c1cccc(Cl)c1Cl. The number of nitrogens with zero attached hydrogens (tertiary/aromatic N) is 2. The van der Waals surface area contributed by atoms with Crippen molar-refractivity contribution in [2.75, 3.05) is 5.01 Å². The van der Waals surface area contributed by atoms with Crippen LogP contribution >= 0.6 is 23.2 Å². The van der Waals surface area contributed by atoms with E-state index in [0.29, 0.717) is 27.8 Å². The van der Waals surface area contributed by atoms with Gasteiger partial charge < -0.3 is 5.11 Å². The number of hydrogen-bond acceptors (Lipinski definition) is 3. The van der Waals surface area contributed by atoms with Crippen LogP contribution in [0.2, 0.25) is 10.0 Å². The molecular formula is C20H24Cl2N2O2. The molecule has 1 heterocycles. The Morgan fingerprint density at radius 1 is 1.12 bits per heavy atom. The highest BCUT2D eigenvalue weighted by Gasteiger charge is 2.63. The molecule has 4 nitrogen and oxygen atoms in total. The van der Waals surface area contributed by atoms with Crippen molar-refractivity contribution in [1.29, 1.82) is 0 Å². The van der Waals surface area contributed by atoms with Crippen molar-refractivity contribution < 1.29 is 9.90 Å². The number of rotatable bonds is 2. The fourth-order valence-corrected chi connectivity index (χ4v) is 6.76. The maximum absolute atomic E-state index is 13.1. The zero-order chi connectivity index (χ0) is 18.4. The number of benzene rings is 1. The molecule has 5 fully saturated rings. The highest BCUT2D eigenvalue weighted by Crippen LogP contribution is 2.59. The number of anilines is 1. The van der Waals surface area contributed by atoms with Gasteiger partial charge in [0.1, 0.15) is 5.54 Å². The maximum atomic E-state index is 13.1. The number of carbonyl (C=O) groups is 1. The highest BCUT2D eigenvalue weighted by molar-refractivity contribution is 6.43. The zero-order valence-corrected chi connectivity index (χ0v) is 16.6. The van der Waals surface area contributed by atoms with Gasteiger partial charge in [0.05, 0.1) is 27.4 Å². The Balaban J connectivity index is 1.54. The van der Waals surface area contributed by atoms with Gasteiger partial charge in [-0.3, -0.25) is 9.80 Å². The van der Waals surface area contributed by atoms with Crippen molar-refractivity contribution in [3.05, 3.63) is 28.2 Å².